The molecule has 20 heavy (non-hydrogen) atoms. The largest absolute Gasteiger partial charge is 0.538 e. The molecule has 0 amide bonds. The van der Waals surface area contributed by atoms with Crippen molar-refractivity contribution in [3.05, 3.63) is 0 Å². The molecule has 1 heterocycles. The van der Waals surface area contributed by atoms with Gasteiger partial charge in [-0.15, -0.1) is 0 Å². The van der Waals surface area contributed by atoms with E-state index in [1.165, 1.54) is 25.7 Å². The highest BCUT2D eigenvalue weighted by Crippen LogP contribution is 2.51. The lowest BCUT2D eigenvalue weighted by Crippen LogP contribution is -2.43. The maximum absolute atomic E-state index is 13.0. The molecule has 1 saturated heterocycles. The smallest absolute Gasteiger partial charge is 0.0736 e. The van der Waals surface area contributed by atoms with Gasteiger partial charge in [0.2, 0.25) is 0 Å². The first kappa shape index (κ1) is 16.4. The van der Waals surface area contributed by atoms with Gasteiger partial charge >= 0.3 is 8.10 Å². The third-order valence-corrected chi connectivity index (χ3v) is 5.93. The molecule has 2 atom stereocenters. The Balaban J connectivity index is 2.20. The highest BCUT2D eigenvalue weighted by molar-refractivity contribution is 7.39. The summed E-state index contributed by atoms with van der Waals surface area (Å²) >= 11 is 0. The fourth-order valence-electron chi connectivity index (χ4n) is 3.52. The number of fused-ring (bicyclic) bond motifs is 1. The minimum absolute atomic E-state index is 0.213. The van der Waals surface area contributed by atoms with Gasteiger partial charge in [0.15, 0.2) is 0 Å². The van der Waals surface area contributed by atoms with Crippen LogP contribution < -0.4 is 0 Å². The van der Waals surface area contributed by atoms with E-state index in [2.05, 4.69) is 50.9 Å². The molecule has 2 rings (SSSR count). The molecule has 116 valence electrons. The Labute approximate surface area is 126 Å². The second-order valence-electron chi connectivity index (χ2n) is 8.99. The summed E-state index contributed by atoms with van der Waals surface area (Å²) in [7, 11) is -1.35. The molecular weight excluding hydrogens is 267 g/mol. The van der Waals surface area contributed by atoms with E-state index < -0.39 is 8.10 Å². The third-order valence-electron chi connectivity index (χ3n) is 4.17. The first-order valence-corrected chi connectivity index (χ1v) is 9.25. The molecule has 4 heteroatoms. The number of rotatable bonds is 2. The van der Waals surface area contributed by atoms with E-state index in [1.54, 1.807) is 0 Å². The Morgan fingerprint density at radius 3 is 1.50 bits per heavy atom. The van der Waals surface area contributed by atoms with E-state index in [0.717, 1.165) is 13.1 Å². The monoisotopic (exact) mass is 299 g/mol. The number of hydrogen-bond donors (Lipinski definition) is 0. The Morgan fingerprint density at radius 2 is 1.20 bits per heavy atom. The van der Waals surface area contributed by atoms with E-state index in [4.69, 9.17) is 0 Å². The highest BCUT2D eigenvalue weighted by atomic mass is 31.1. The molecule has 2 aliphatic rings. The van der Waals surface area contributed by atoms with Crippen LogP contribution >= 0.6 is 8.10 Å². The van der Waals surface area contributed by atoms with Crippen LogP contribution in [0.3, 0.4) is 0 Å². The van der Waals surface area contributed by atoms with Crippen molar-refractivity contribution >= 4 is 8.10 Å². The quantitative estimate of drug-likeness (QED) is 0.693. The Morgan fingerprint density at radius 1 is 0.850 bits per heavy atom. The lowest BCUT2D eigenvalue weighted by molar-refractivity contribution is 0.159. The van der Waals surface area contributed by atoms with Gasteiger partial charge in [0, 0.05) is 0 Å². The topological polar surface area (TPSA) is 23.6 Å². The zero-order valence-electron chi connectivity index (χ0n) is 14.1. The molecule has 0 spiro atoms. The normalized spacial score (nSPS) is 31.6. The van der Waals surface area contributed by atoms with E-state index in [-0.39, 0.29) is 10.8 Å². The van der Waals surface area contributed by atoms with E-state index in [1.807, 2.05) is 0 Å². The van der Waals surface area contributed by atoms with Gasteiger partial charge in [0.1, 0.15) is 0 Å². The molecule has 1 saturated carbocycles. The third kappa shape index (κ3) is 3.81. The molecule has 2 unspecified atom stereocenters. The van der Waals surface area contributed by atoms with E-state index in [9.17, 15) is 4.57 Å². The van der Waals surface area contributed by atoms with Crippen molar-refractivity contribution in [2.45, 2.75) is 79.3 Å². The summed E-state index contributed by atoms with van der Waals surface area (Å²) in [5, 5.41) is 0. The van der Waals surface area contributed by atoms with Gasteiger partial charge in [-0.25, -0.2) is 0 Å². The molecule has 0 aromatic carbocycles. The van der Waals surface area contributed by atoms with E-state index >= 15 is 0 Å². The van der Waals surface area contributed by atoms with Gasteiger partial charge in [0.05, 0.1) is 25.2 Å². The predicted octanol–water partition coefficient (Wildman–Crippen LogP) is 4.66. The molecule has 0 N–H and O–H groups in total. The molecule has 2 fully saturated rings. The van der Waals surface area contributed by atoms with Crippen molar-refractivity contribution in [3.8, 4) is 0 Å². The first-order valence-electron chi connectivity index (χ1n) is 8.09. The summed E-state index contributed by atoms with van der Waals surface area (Å²) in [4.78, 5) is 0. The zero-order chi connectivity index (χ0) is 15.1. The maximum atomic E-state index is 13.0. The Bertz CT molecular complexity index is 336. The van der Waals surface area contributed by atoms with Crippen molar-refractivity contribution in [2.75, 3.05) is 13.1 Å². The van der Waals surface area contributed by atoms with Crippen LogP contribution in [-0.2, 0) is 4.57 Å². The fraction of sp³-hybridized carbons (Fsp3) is 1.00. The lowest BCUT2D eigenvalue weighted by atomic mass is 9.87. The van der Waals surface area contributed by atoms with Crippen LogP contribution in [0.15, 0.2) is 0 Å². The summed E-state index contributed by atoms with van der Waals surface area (Å²) in [5.74, 6) is 0. The molecule has 0 aromatic rings. The first-order chi connectivity index (χ1) is 9.08. The standard InChI is InChI=1S/C16H32N2OP/c1-15(2,3)11-17-13-9-7-8-10-14(13)18(20(17)19)12-16(4,5)6/h13-14H,7-12H2,1-6H3/q+1. The second kappa shape index (κ2) is 5.66. The van der Waals surface area contributed by atoms with Gasteiger partial charge in [0.25, 0.3) is 0 Å². The van der Waals surface area contributed by atoms with Crippen LogP contribution in [0.25, 0.3) is 0 Å². The predicted molar refractivity (Wildman–Crippen MR) is 86.0 cm³/mol. The molecule has 0 aromatic heterocycles. The van der Waals surface area contributed by atoms with Crippen molar-refractivity contribution in [2.24, 2.45) is 10.8 Å². The Hall–Kier alpha value is 0.0200. The van der Waals surface area contributed by atoms with Gasteiger partial charge in [-0.2, -0.15) is 0 Å². The highest BCUT2D eigenvalue weighted by Gasteiger charge is 2.58. The van der Waals surface area contributed by atoms with Crippen LogP contribution in [-0.4, -0.2) is 34.5 Å². The van der Waals surface area contributed by atoms with Gasteiger partial charge in [-0.05, 0) is 28.2 Å². The van der Waals surface area contributed by atoms with E-state index in [0.29, 0.717) is 12.1 Å². The minimum atomic E-state index is -1.35. The lowest BCUT2D eigenvalue weighted by Gasteiger charge is -2.30. The second-order valence-corrected chi connectivity index (χ2v) is 10.5. The van der Waals surface area contributed by atoms with Crippen molar-refractivity contribution in [1.29, 1.82) is 0 Å². The fourth-order valence-corrected chi connectivity index (χ4v) is 5.95. The van der Waals surface area contributed by atoms with Crippen LogP contribution in [0.1, 0.15) is 67.2 Å². The SMILES string of the molecule is CC(C)(C)CN1C2CCCCC2N(CC(C)(C)C)[P+]1=O. The molecule has 1 aliphatic carbocycles. The van der Waals surface area contributed by atoms with Crippen LogP contribution in [0.4, 0.5) is 0 Å². The number of hydrogen-bond acceptors (Lipinski definition) is 1. The maximum Gasteiger partial charge on any atom is 0.538 e. The summed E-state index contributed by atoms with van der Waals surface area (Å²) in [6.07, 6.45) is 5.05. The molecule has 3 nitrogen and oxygen atoms in total. The zero-order valence-corrected chi connectivity index (χ0v) is 15.0. The molecule has 0 bridgehead atoms. The summed E-state index contributed by atoms with van der Waals surface area (Å²) in [5.41, 5.74) is 0.426. The summed E-state index contributed by atoms with van der Waals surface area (Å²) in [6, 6.07) is 1.04. The molecule has 0 radical (unpaired) electrons. The van der Waals surface area contributed by atoms with Crippen LogP contribution in [0.5, 0.6) is 0 Å². The Kier molecular flexibility index (Phi) is 4.64. The summed E-state index contributed by atoms with van der Waals surface area (Å²) < 4.78 is 17.7. The summed E-state index contributed by atoms with van der Waals surface area (Å²) in [6.45, 7) is 15.4. The van der Waals surface area contributed by atoms with Gasteiger partial charge in [-0.1, -0.05) is 63.7 Å². The average molecular weight is 299 g/mol. The van der Waals surface area contributed by atoms with Gasteiger partial charge in [-0.3, -0.25) is 0 Å². The van der Waals surface area contributed by atoms with Crippen LogP contribution in [0.2, 0.25) is 0 Å². The van der Waals surface area contributed by atoms with Crippen molar-refractivity contribution in [3.63, 3.8) is 0 Å². The number of nitrogens with zero attached hydrogens (tertiary/aromatic N) is 2. The van der Waals surface area contributed by atoms with Crippen molar-refractivity contribution in [1.82, 2.24) is 9.34 Å². The average Bonchev–Trinajstić information content (AvgIpc) is 2.52. The van der Waals surface area contributed by atoms with Crippen molar-refractivity contribution < 1.29 is 4.57 Å². The van der Waals surface area contributed by atoms with Gasteiger partial charge < -0.3 is 0 Å². The molecular formula is C16H32N2OP+. The van der Waals surface area contributed by atoms with Crippen LogP contribution in [0, 0.1) is 10.8 Å². The molecule has 1 aliphatic heterocycles. The minimum Gasteiger partial charge on any atom is -0.0736 e.